The summed E-state index contributed by atoms with van der Waals surface area (Å²) >= 11 is 4.75. The highest BCUT2D eigenvalue weighted by molar-refractivity contribution is 7.80. The number of benzene rings is 4. The van der Waals surface area contributed by atoms with Crippen LogP contribution in [0.2, 0.25) is 0 Å². The number of hydrogen-bond acceptors (Lipinski definition) is 2. The van der Waals surface area contributed by atoms with Gasteiger partial charge in [-0.1, -0.05) is 60.2 Å². The minimum Gasteiger partial charge on any atom is -0.298 e. The first-order chi connectivity index (χ1) is 12.7. The van der Waals surface area contributed by atoms with Crippen LogP contribution in [-0.2, 0) is 0 Å². The van der Waals surface area contributed by atoms with E-state index in [-0.39, 0.29) is 0 Å². The average molecular weight is 354 g/mol. The Morgan fingerprint density at radius 3 is 2.15 bits per heavy atom. The lowest BCUT2D eigenvalue weighted by Gasteiger charge is -2.13. The molecule has 26 heavy (non-hydrogen) atoms. The fourth-order valence-corrected chi connectivity index (χ4v) is 3.63. The Hall–Kier alpha value is -2.84. The zero-order chi connectivity index (χ0) is 18.1. The molecule has 0 unspecified atom stereocenters. The Morgan fingerprint density at radius 1 is 0.769 bits per heavy atom. The first-order valence-electron chi connectivity index (χ1n) is 8.54. The molecule has 1 nitrogen and oxygen atoms in total. The monoisotopic (exact) mass is 354 g/mol. The molecule has 0 spiro atoms. The summed E-state index contributed by atoms with van der Waals surface area (Å²) in [6, 6.07) is 26.7. The normalized spacial score (nSPS) is 10.8. The predicted octanol–water partition coefficient (Wildman–Crippen LogP) is 6.58. The molecule has 0 aliphatic carbocycles. The van der Waals surface area contributed by atoms with Crippen LogP contribution in [0.15, 0.2) is 83.8 Å². The zero-order valence-electron chi connectivity index (χ0n) is 14.4. The number of hydrogen-bond donors (Lipinski definition) is 1. The fourth-order valence-electron chi connectivity index (χ4n) is 3.31. The predicted molar refractivity (Wildman–Crippen MR) is 112 cm³/mol. The van der Waals surface area contributed by atoms with Gasteiger partial charge in [0, 0.05) is 10.5 Å². The van der Waals surface area contributed by atoms with E-state index in [4.69, 9.17) is 12.6 Å². The number of aryl methyl sites for hydroxylation is 1. The molecule has 126 valence electrons. The van der Waals surface area contributed by atoms with Crippen LogP contribution in [0.25, 0.3) is 33.0 Å². The third-order valence-corrected chi connectivity index (χ3v) is 5.04. The van der Waals surface area contributed by atoms with Gasteiger partial charge in [-0.2, -0.15) is 0 Å². The van der Waals surface area contributed by atoms with Crippen LogP contribution in [0, 0.1) is 6.92 Å². The third kappa shape index (κ3) is 3.04. The smallest absolute Gasteiger partial charge is 0.150 e. The Bertz CT molecular complexity index is 1100. The second-order valence-corrected chi connectivity index (χ2v) is 6.99. The highest BCUT2D eigenvalue weighted by Gasteiger charge is 2.11. The molecule has 0 fully saturated rings. The van der Waals surface area contributed by atoms with E-state index in [1.807, 2.05) is 30.3 Å². The van der Waals surface area contributed by atoms with Crippen LogP contribution in [0.1, 0.15) is 15.9 Å². The summed E-state index contributed by atoms with van der Waals surface area (Å²) in [5, 5.41) is 2.14. The quantitative estimate of drug-likeness (QED) is 0.325. The SMILES string of the molecule is Cc1ccc(-c2cc3cc(C=O)cc(-c4ccccc4)c3cc2S)cc1. The number of fused-ring (bicyclic) bond motifs is 1. The van der Waals surface area contributed by atoms with Crippen LogP contribution < -0.4 is 0 Å². The number of carbonyl (C=O) groups is 1. The summed E-state index contributed by atoms with van der Waals surface area (Å²) in [4.78, 5) is 12.4. The van der Waals surface area contributed by atoms with Crippen molar-refractivity contribution in [3.05, 3.63) is 90.0 Å². The maximum atomic E-state index is 11.5. The largest absolute Gasteiger partial charge is 0.298 e. The molecule has 2 heteroatoms. The standard InChI is InChI=1S/C24H18OS/c1-16-7-9-19(10-8-16)23-13-20-11-17(15-25)12-21(22(20)14-24(23)26)18-5-3-2-4-6-18/h2-15,26H,1H3. The van der Waals surface area contributed by atoms with Gasteiger partial charge in [0.1, 0.15) is 6.29 Å². The molecule has 0 aromatic heterocycles. The van der Waals surface area contributed by atoms with Crippen molar-refractivity contribution in [2.75, 3.05) is 0 Å². The molecule has 0 saturated heterocycles. The van der Waals surface area contributed by atoms with Gasteiger partial charge in [-0.3, -0.25) is 4.79 Å². The molecule has 0 saturated carbocycles. The lowest BCUT2D eigenvalue weighted by Crippen LogP contribution is -1.89. The summed E-state index contributed by atoms with van der Waals surface area (Å²) < 4.78 is 0. The highest BCUT2D eigenvalue weighted by Crippen LogP contribution is 2.36. The molecule has 0 amide bonds. The van der Waals surface area contributed by atoms with Gasteiger partial charge in [0.25, 0.3) is 0 Å². The van der Waals surface area contributed by atoms with Crippen molar-refractivity contribution >= 4 is 29.7 Å². The first kappa shape index (κ1) is 16.6. The van der Waals surface area contributed by atoms with E-state index in [9.17, 15) is 4.79 Å². The van der Waals surface area contributed by atoms with E-state index >= 15 is 0 Å². The highest BCUT2D eigenvalue weighted by atomic mass is 32.1. The number of rotatable bonds is 3. The van der Waals surface area contributed by atoms with E-state index in [1.165, 1.54) is 5.56 Å². The van der Waals surface area contributed by atoms with Gasteiger partial charge < -0.3 is 0 Å². The average Bonchev–Trinajstić information content (AvgIpc) is 2.68. The van der Waals surface area contributed by atoms with E-state index in [0.29, 0.717) is 5.56 Å². The van der Waals surface area contributed by atoms with E-state index in [1.54, 1.807) is 0 Å². The first-order valence-corrected chi connectivity index (χ1v) is 8.99. The summed E-state index contributed by atoms with van der Waals surface area (Å²) in [6.07, 6.45) is 0.909. The molecule has 0 radical (unpaired) electrons. The molecule has 0 bridgehead atoms. The molecule has 4 aromatic carbocycles. The molecular weight excluding hydrogens is 336 g/mol. The van der Waals surface area contributed by atoms with Crippen molar-refractivity contribution in [2.45, 2.75) is 11.8 Å². The molecule has 4 aromatic rings. The Kier molecular flexibility index (Phi) is 4.36. The molecule has 0 heterocycles. The second kappa shape index (κ2) is 6.81. The van der Waals surface area contributed by atoms with Crippen molar-refractivity contribution in [3.63, 3.8) is 0 Å². The molecule has 0 N–H and O–H groups in total. The summed E-state index contributed by atoms with van der Waals surface area (Å²) in [6.45, 7) is 2.08. The molecule has 0 atom stereocenters. The van der Waals surface area contributed by atoms with Crippen molar-refractivity contribution in [3.8, 4) is 22.3 Å². The van der Waals surface area contributed by atoms with Crippen molar-refractivity contribution < 1.29 is 4.79 Å². The van der Waals surface area contributed by atoms with Crippen LogP contribution in [0.3, 0.4) is 0 Å². The topological polar surface area (TPSA) is 17.1 Å². The lowest BCUT2D eigenvalue weighted by atomic mass is 9.93. The van der Waals surface area contributed by atoms with Gasteiger partial charge in [-0.25, -0.2) is 0 Å². The summed E-state index contributed by atoms with van der Waals surface area (Å²) in [5.41, 5.74) is 6.25. The minimum atomic E-state index is 0.679. The number of carbonyl (C=O) groups excluding carboxylic acids is 1. The van der Waals surface area contributed by atoms with E-state index < -0.39 is 0 Å². The molecule has 0 aliphatic heterocycles. The van der Waals surface area contributed by atoms with Crippen molar-refractivity contribution in [2.24, 2.45) is 0 Å². The Morgan fingerprint density at radius 2 is 1.46 bits per heavy atom. The number of thiol groups is 1. The van der Waals surface area contributed by atoms with Crippen LogP contribution in [-0.4, -0.2) is 6.29 Å². The Labute approximate surface area is 158 Å². The maximum absolute atomic E-state index is 11.5. The Balaban J connectivity index is 1.99. The zero-order valence-corrected chi connectivity index (χ0v) is 15.3. The molecule has 4 rings (SSSR count). The lowest BCUT2D eigenvalue weighted by molar-refractivity contribution is 0.112. The summed E-state index contributed by atoms with van der Waals surface area (Å²) in [7, 11) is 0. The van der Waals surface area contributed by atoms with Gasteiger partial charge in [0.15, 0.2) is 0 Å². The molecule has 0 aliphatic rings. The van der Waals surface area contributed by atoms with Crippen molar-refractivity contribution in [1.82, 2.24) is 0 Å². The van der Waals surface area contributed by atoms with E-state index in [2.05, 4.69) is 55.5 Å². The van der Waals surface area contributed by atoms with Crippen LogP contribution in [0.4, 0.5) is 0 Å². The summed E-state index contributed by atoms with van der Waals surface area (Å²) in [5.74, 6) is 0. The van der Waals surface area contributed by atoms with Gasteiger partial charge in [0.05, 0.1) is 0 Å². The third-order valence-electron chi connectivity index (χ3n) is 4.67. The van der Waals surface area contributed by atoms with Crippen LogP contribution in [0.5, 0.6) is 0 Å². The van der Waals surface area contributed by atoms with Crippen molar-refractivity contribution in [1.29, 1.82) is 0 Å². The maximum Gasteiger partial charge on any atom is 0.150 e. The van der Waals surface area contributed by atoms with Gasteiger partial charge >= 0.3 is 0 Å². The van der Waals surface area contributed by atoms with Gasteiger partial charge in [0.2, 0.25) is 0 Å². The van der Waals surface area contributed by atoms with Crippen LogP contribution >= 0.6 is 12.6 Å². The minimum absolute atomic E-state index is 0.679. The van der Waals surface area contributed by atoms with Gasteiger partial charge in [-0.05, 0) is 64.2 Å². The van der Waals surface area contributed by atoms with Gasteiger partial charge in [-0.15, -0.1) is 12.6 Å². The van der Waals surface area contributed by atoms with E-state index in [0.717, 1.165) is 44.2 Å². The fraction of sp³-hybridized carbons (Fsp3) is 0.0417. The molecular formula is C24H18OS. The second-order valence-electron chi connectivity index (χ2n) is 6.51. The number of aldehydes is 1.